The van der Waals surface area contributed by atoms with E-state index in [1.807, 2.05) is 24.1 Å². The molecule has 2 rings (SSSR count). The van der Waals surface area contributed by atoms with Crippen LogP contribution in [0.3, 0.4) is 0 Å². The molecule has 19 heavy (non-hydrogen) atoms. The topological polar surface area (TPSA) is 32.3 Å². The third kappa shape index (κ3) is 4.22. The SMILES string of the molecule is CC(Cc1ccc(Cl)cc1)NC1CCC(=O)N(C)C1. The Kier molecular flexibility index (Phi) is 4.83. The van der Waals surface area contributed by atoms with Gasteiger partial charge in [-0.2, -0.15) is 0 Å². The first-order valence-corrected chi connectivity index (χ1v) is 7.17. The Morgan fingerprint density at radius 3 is 2.74 bits per heavy atom. The van der Waals surface area contributed by atoms with E-state index in [-0.39, 0.29) is 5.91 Å². The number of hydrogen-bond acceptors (Lipinski definition) is 2. The monoisotopic (exact) mass is 280 g/mol. The summed E-state index contributed by atoms with van der Waals surface area (Å²) in [7, 11) is 1.88. The highest BCUT2D eigenvalue weighted by atomic mass is 35.5. The minimum atomic E-state index is 0.253. The quantitative estimate of drug-likeness (QED) is 0.919. The highest BCUT2D eigenvalue weighted by Gasteiger charge is 2.23. The zero-order valence-corrected chi connectivity index (χ0v) is 12.3. The summed E-state index contributed by atoms with van der Waals surface area (Å²) in [6, 6.07) is 8.79. The molecular weight excluding hydrogens is 260 g/mol. The van der Waals surface area contributed by atoms with Gasteiger partial charge in [-0.15, -0.1) is 0 Å². The second-order valence-electron chi connectivity index (χ2n) is 5.41. The number of amides is 1. The van der Waals surface area contributed by atoms with Crippen molar-refractivity contribution < 1.29 is 4.79 Å². The Bertz CT molecular complexity index is 432. The van der Waals surface area contributed by atoms with Crippen molar-refractivity contribution in [3.8, 4) is 0 Å². The number of halogens is 1. The maximum Gasteiger partial charge on any atom is 0.222 e. The number of benzene rings is 1. The van der Waals surface area contributed by atoms with E-state index in [0.717, 1.165) is 24.4 Å². The summed E-state index contributed by atoms with van der Waals surface area (Å²) in [5.74, 6) is 0.253. The molecule has 104 valence electrons. The van der Waals surface area contributed by atoms with E-state index in [4.69, 9.17) is 11.6 Å². The molecule has 1 aliphatic rings. The van der Waals surface area contributed by atoms with Crippen LogP contribution in [-0.4, -0.2) is 36.5 Å². The third-order valence-electron chi connectivity index (χ3n) is 3.60. The van der Waals surface area contributed by atoms with Crippen LogP contribution >= 0.6 is 11.6 Å². The number of nitrogens with one attached hydrogen (secondary N) is 1. The molecule has 1 aliphatic heterocycles. The van der Waals surface area contributed by atoms with Crippen LogP contribution in [0, 0.1) is 0 Å². The normalized spacial score (nSPS) is 21.5. The van der Waals surface area contributed by atoms with Crippen LogP contribution in [0.2, 0.25) is 5.02 Å². The molecular formula is C15H21ClN2O. The Hall–Kier alpha value is -1.06. The maximum absolute atomic E-state index is 11.4. The maximum atomic E-state index is 11.4. The lowest BCUT2D eigenvalue weighted by atomic mass is 10.0. The van der Waals surface area contributed by atoms with Crippen molar-refractivity contribution >= 4 is 17.5 Å². The second kappa shape index (κ2) is 6.40. The summed E-state index contributed by atoms with van der Waals surface area (Å²) in [5, 5.41) is 4.38. The van der Waals surface area contributed by atoms with Crippen LogP contribution in [0.4, 0.5) is 0 Å². The summed E-state index contributed by atoms with van der Waals surface area (Å²) in [4.78, 5) is 13.2. The van der Waals surface area contributed by atoms with E-state index in [9.17, 15) is 4.79 Å². The summed E-state index contributed by atoms with van der Waals surface area (Å²) >= 11 is 5.88. The van der Waals surface area contributed by atoms with E-state index in [1.54, 1.807) is 0 Å². The molecule has 0 bridgehead atoms. The van der Waals surface area contributed by atoms with Crippen molar-refractivity contribution in [3.05, 3.63) is 34.9 Å². The molecule has 1 heterocycles. The van der Waals surface area contributed by atoms with Crippen molar-refractivity contribution in [1.29, 1.82) is 0 Å². The van der Waals surface area contributed by atoms with Crippen LogP contribution < -0.4 is 5.32 Å². The fraction of sp³-hybridized carbons (Fsp3) is 0.533. The lowest BCUT2D eigenvalue weighted by molar-refractivity contribution is -0.132. The lowest BCUT2D eigenvalue weighted by Crippen LogP contribution is -2.49. The van der Waals surface area contributed by atoms with Crippen LogP contribution in [0.5, 0.6) is 0 Å². The number of piperidine rings is 1. The van der Waals surface area contributed by atoms with Gasteiger partial charge in [0, 0.05) is 37.1 Å². The van der Waals surface area contributed by atoms with Crippen molar-refractivity contribution in [2.24, 2.45) is 0 Å². The number of carbonyl (C=O) groups excluding carboxylic acids is 1. The molecule has 1 fully saturated rings. The standard InChI is InChI=1S/C15H21ClN2O/c1-11(9-12-3-5-13(16)6-4-12)17-14-7-8-15(19)18(2)10-14/h3-6,11,14,17H,7-10H2,1-2H3. The smallest absolute Gasteiger partial charge is 0.222 e. The van der Waals surface area contributed by atoms with Crippen LogP contribution in [0.1, 0.15) is 25.3 Å². The lowest BCUT2D eigenvalue weighted by Gasteiger charge is -2.32. The van der Waals surface area contributed by atoms with Crippen molar-refractivity contribution in [2.75, 3.05) is 13.6 Å². The van der Waals surface area contributed by atoms with Gasteiger partial charge in [-0.25, -0.2) is 0 Å². The highest BCUT2D eigenvalue weighted by Crippen LogP contribution is 2.13. The van der Waals surface area contributed by atoms with Gasteiger partial charge in [-0.3, -0.25) is 4.79 Å². The average Bonchev–Trinajstić information content (AvgIpc) is 2.37. The number of likely N-dealkylation sites (tertiary alicyclic amines) is 1. The number of likely N-dealkylation sites (N-methyl/N-ethyl adjacent to an activating group) is 1. The molecule has 0 aromatic heterocycles. The molecule has 1 aromatic carbocycles. The zero-order valence-electron chi connectivity index (χ0n) is 11.5. The molecule has 0 radical (unpaired) electrons. The van der Waals surface area contributed by atoms with Crippen molar-refractivity contribution in [2.45, 2.75) is 38.3 Å². The predicted molar refractivity (Wildman–Crippen MR) is 78.4 cm³/mol. The zero-order chi connectivity index (χ0) is 13.8. The molecule has 0 aliphatic carbocycles. The van der Waals surface area contributed by atoms with Gasteiger partial charge in [0.1, 0.15) is 0 Å². The first-order chi connectivity index (χ1) is 9.04. The third-order valence-corrected chi connectivity index (χ3v) is 3.85. The minimum absolute atomic E-state index is 0.253. The van der Waals surface area contributed by atoms with E-state index in [0.29, 0.717) is 18.5 Å². The molecule has 3 nitrogen and oxygen atoms in total. The fourth-order valence-electron chi connectivity index (χ4n) is 2.58. The molecule has 1 saturated heterocycles. The molecule has 4 heteroatoms. The predicted octanol–water partition coefficient (Wildman–Crippen LogP) is 2.48. The van der Waals surface area contributed by atoms with E-state index in [2.05, 4.69) is 24.4 Å². The van der Waals surface area contributed by atoms with Gasteiger partial charge >= 0.3 is 0 Å². The van der Waals surface area contributed by atoms with Crippen molar-refractivity contribution in [1.82, 2.24) is 10.2 Å². The van der Waals surface area contributed by atoms with Crippen molar-refractivity contribution in [3.63, 3.8) is 0 Å². The first-order valence-electron chi connectivity index (χ1n) is 6.79. The van der Waals surface area contributed by atoms with Gasteiger partial charge in [0.25, 0.3) is 0 Å². The van der Waals surface area contributed by atoms with Crippen LogP contribution in [-0.2, 0) is 11.2 Å². The van der Waals surface area contributed by atoms with Gasteiger partial charge in [0.15, 0.2) is 0 Å². The van der Waals surface area contributed by atoms with Gasteiger partial charge < -0.3 is 10.2 Å². The Labute approximate surface area is 119 Å². The largest absolute Gasteiger partial charge is 0.344 e. The summed E-state index contributed by atoms with van der Waals surface area (Å²) in [6.45, 7) is 2.99. The number of carbonyl (C=O) groups is 1. The Balaban J connectivity index is 1.82. The highest BCUT2D eigenvalue weighted by molar-refractivity contribution is 6.30. The number of nitrogens with zero attached hydrogens (tertiary/aromatic N) is 1. The molecule has 0 saturated carbocycles. The Morgan fingerprint density at radius 2 is 2.11 bits per heavy atom. The minimum Gasteiger partial charge on any atom is -0.344 e. The van der Waals surface area contributed by atoms with Gasteiger partial charge in [0.2, 0.25) is 5.91 Å². The van der Waals surface area contributed by atoms with E-state index < -0.39 is 0 Å². The van der Waals surface area contributed by atoms with Crippen LogP contribution in [0.25, 0.3) is 0 Å². The summed E-state index contributed by atoms with van der Waals surface area (Å²) < 4.78 is 0. The summed E-state index contributed by atoms with van der Waals surface area (Å²) in [5.41, 5.74) is 1.28. The fourth-order valence-corrected chi connectivity index (χ4v) is 2.71. The second-order valence-corrected chi connectivity index (χ2v) is 5.84. The molecule has 1 aromatic rings. The molecule has 1 N–H and O–H groups in total. The molecule has 2 unspecified atom stereocenters. The van der Waals surface area contributed by atoms with Gasteiger partial charge in [-0.1, -0.05) is 23.7 Å². The van der Waals surface area contributed by atoms with Gasteiger partial charge in [-0.05, 0) is 37.5 Å². The molecule has 2 atom stereocenters. The van der Waals surface area contributed by atoms with Gasteiger partial charge in [0.05, 0.1) is 0 Å². The van der Waals surface area contributed by atoms with Crippen LogP contribution in [0.15, 0.2) is 24.3 Å². The molecule has 0 spiro atoms. The summed E-state index contributed by atoms with van der Waals surface area (Å²) in [6.07, 6.45) is 2.57. The van der Waals surface area contributed by atoms with E-state index >= 15 is 0 Å². The average molecular weight is 281 g/mol. The first kappa shape index (κ1) is 14.4. The number of hydrogen-bond donors (Lipinski definition) is 1. The Morgan fingerprint density at radius 1 is 1.42 bits per heavy atom. The number of rotatable bonds is 4. The molecule has 1 amide bonds. The van der Waals surface area contributed by atoms with E-state index in [1.165, 1.54) is 5.56 Å².